The quantitative estimate of drug-likeness (QED) is 0.340. The topological polar surface area (TPSA) is 135 Å². The summed E-state index contributed by atoms with van der Waals surface area (Å²) in [5.41, 5.74) is 11.7. The van der Waals surface area contributed by atoms with Gasteiger partial charge in [-0.1, -0.05) is 0 Å². The normalized spacial score (nSPS) is 16.3. The van der Waals surface area contributed by atoms with E-state index in [1.165, 1.54) is 18.5 Å². The van der Waals surface area contributed by atoms with E-state index in [2.05, 4.69) is 43.3 Å². The molecule has 6 rings (SSSR count). The fourth-order valence-electron chi connectivity index (χ4n) is 4.76. The van der Waals surface area contributed by atoms with E-state index in [4.69, 9.17) is 25.0 Å². The van der Waals surface area contributed by atoms with Crippen molar-refractivity contribution in [3.8, 4) is 22.6 Å². The maximum absolute atomic E-state index is 10.6. The number of nitrogens with two attached hydrogens (primary N) is 1. The third kappa shape index (κ3) is 5.98. The highest BCUT2D eigenvalue weighted by molar-refractivity contribution is 5.83. The lowest BCUT2D eigenvalue weighted by Crippen LogP contribution is -2.29. The van der Waals surface area contributed by atoms with Crippen LogP contribution in [0.3, 0.4) is 0 Å². The second-order valence-corrected chi connectivity index (χ2v) is 9.52. The first-order chi connectivity index (χ1) is 18.7. The van der Waals surface area contributed by atoms with Gasteiger partial charge in [0.25, 0.3) is 0 Å². The highest BCUT2D eigenvalue weighted by Gasteiger charge is 2.38. The number of carboxylic acid groups (broad SMARTS) is 1. The molecule has 1 aromatic carbocycles. The third-order valence-electron chi connectivity index (χ3n) is 6.85. The standard InChI is InChI=1S/C24H27N7O.C2HF3O2/c25-23-20(24-29-21-4-3-19(12-22(21)32-24)30-9-1-2-10-30)11-16(13-27-23)17-14-28-31(15-17)18-5-7-26-8-6-18;3-2(4,5)1(6)7/h3-4,11-15,18,26H,1-2,5-10H2,(H2,25,27);(H,6,7). The number of fused-ring (bicyclic) bond motifs is 1. The summed E-state index contributed by atoms with van der Waals surface area (Å²) in [6.45, 7) is 4.25. The predicted octanol–water partition coefficient (Wildman–Crippen LogP) is 4.49. The van der Waals surface area contributed by atoms with Gasteiger partial charge in [-0.2, -0.15) is 18.3 Å². The van der Waals surface area contributed by atoms with Crippen molar-refractivity contribution in [3.05, 3.63) is 42.9 Å². The van der Waals surface area contributed by atoms with Gasteiger partial charge in [0.05, 0.1) is 17.8 Å². The number of alkyl halides is 3. The van der Waals surface area contributed by atoms with Crippen molar-refractivity contribution in [2.45, 2.75) is 37.9 Å². The summed E-state index contributed by atoms with van der Waals surface area (Å²) >= 11 is 0. The number of aliphatic carboxylic acids is 1. The van der Waals surface area contributed by atoms with Crippen LogP contribution in [0.4, 0.5) is 24.7 Å². The zero-order chi connectivity index (χ0) is 27.6. The molecule has 3 aromatic heterocycles. The summed E-state index contributed by atoms with van der Waals surface area (Å²) in [7, 11) is 0. The van der Waals surface area contributed by atoms with Gasteiger partial charge in [-0.15, -0.1) is 0 Å². The van der Waals surface area contributed by atoms with Crippen LogP contribution in [0.2, 0.25) is 0 Å². The van der Waals surface area contributed by atoms with E-state index in [-0.39, 0.29) is 0 Å². The molecule has 2 fully saturated rings. The van der Waals surface area contributed by atoms with Crippen molar-refractivity contribution < 1.29 is 27.5 Å². The minimum Gasteiger partial charge on any atom is -0.475 e. The lowest BCUT2D eigenvalue weighted by molar-refractivity contribution is -0.192. The molecule has 4 aromatic rings. The van der Waals surface area contributed by atoms with Crippen LogP contribution in [-0.4, -0.2) is 63.2 Å². The zero-order valence-electron chi connectivity index (χ0n) is 21.0. The lowest BCUT2D eigenvalue weighted by atomic mass is 10.1. The van der Waals surface area contributed by atoms with E-state index in [1.807, 2.05) is 18.3 Å². The number of anilines is 2. The number of carbonyl (C=O) groups is 1. The Morgan fingerprint density at radius 1 is 1.10 bits per heavy atom. The van der Waals surface area contributed by atoms with E-state index in [0.717, 1.165) is 61.2 Å². The van der Waals surface area contributed by atoms with E-state index in [9.17, 15) is 13.2 Å². The van der Waals surface area contributed by atoms with Crippen LogP contribution >= 0.6 is 0 Å². The first kappa shape index (κ1) is 26.5. The maximum atomic E-state index is 10.6. The number of hydrogen-bond acceptors (Lipinski definition) is 8. The summed E-state index contributed by atoms with van der Waals surface area (Å²) in [4.78, 5) is 20.4. The molecule has 0 amide bonds. The smallest absolute Gasteiger partial charge is 0.475 e. The number of pyridine rings is 1. The number of piperidine rings is 1. The van der Waals surface area contributed by atoms with E-state index >= 15 is 0 Å². The SMILES string of the molecule is Nc1ncc(-c2cnn(C3CCNCC3)c2)cc1-c1nc2ccc(N3CCCC3)cc2o1.O=C(O)C(F)(F)F. The van der Waals surface area contributed by atoms with Gasteiger partial charge in [-0.05, 0) is 57.0 Å². The summed E-state index contributed by atoms with van der Waals surface area (Å²) in [6, 6.07) is 8.65. The van der Waals surface area contributed by atoms with Gasteiger partial charge >= 0.3 is 12.1 Å². The monoisotopic (exact) mass is 543 g/mol. The minimum absolute atomic E-state index is 0.408. The Hall–Kier alpha value is -4.13. The number of nitrogen functional groups attached to an aromatic ring is 1. The summed E-state index contributed by atoms with van der Waals surface area (Å²) in [6.07, 6.45) is 5.36. The van der Waals surface area contributed by atoms with E-state index in [1.54, 1.807) is 6.20 Å². The van der Waals surface area contributed by atoms with Gasteiger partial charge in [0.1, 0.15) is 11.3 Å². The van der Waals surface area contributed by atoms with Crippen LogP contribution in [0.25, 0.3) is 33.7 Å². The molecule has 13 heteroatoms. The number of oxazole rings is 1. The second kappa shape index (κ2) is 10.9. The van der Waals surface area contributed by atoms with Crippen molar-refractivity contribution in [1.29, 1.82) is 0 Å². The number of benzene rings is 1. The van der Waals surface area contributed by atoms with Crippen LogP contribution in [-0.2, 0) is 4.79 Å². The predicted molar refractivity (Wildman–Crippen MR) is 139 cm³/mol. The first-order valence-electron chi connectivity index (χ1n) is 12.7. The third-order valence-corrected chi connectivity index (χ3v) is 6.85. The van der Waals surface area contributed by atoms with Crippen molar-refractivity contribution >= 4 is 28.6 Å². The molecule has 10 nitrogen and oxygen atoms in total. The number of rotatable bonds is 4. The Balaban J connectivity index is 0.000000392. The summed E-state index contributed by atoms with van der Waals surface area (Å²) in [5.74, 6) is -1.85. The molecule has 0 unspecified atom stereocenters. The van der Waals surface area contributed by atoms with Crippen LogP contribution < -0.4 is 16.0 Å². The van der Waals surface area contributed by atoms with Crippen LogP contribution in [0, 0.1) is 0 Å². The lowest BCUT2D eigenvalue weighted by Gasteiger charge is -2.22. The van der Waals surface area contributed by atoms with Gasteiger partial charge in [-0.3, -0.25) is 4.68 Å². The molecule has 2 aliphatic rings. The number of hydrogen-bond donors (Lipinski definition) is 3. The van der Waals surface area contributed by atoms with E-state index in [0.29, 0.717) is 23.3 Å². The van der Waals surface area contributed by atoms with Crippen molar-refractivity contribution in [2.75, 3.05) is 36.8 Å². The van der Waals surface area contributed by atoms with E-state index < -0.39 is 12.1 Å². The molecule has 2 saturated heterocycles. The molecule has 0 radical (unpaired) electrons. The molecule has 4 N–H and O–H groups in total. The highest BCUT2D eigenvalue weighted by atomic mass is 19.4. The molecular formula is C26H28F3N7O3. The Morgan fingerprint density at radius 3 is 2.51 bits per heavy atom. The largest absolute Gasteiger partial charge is 0.490 e. The zero-order valence-corrected chi connectivity index (χ0v) is 21.0. The van der Waals surface area contributed by atoms with Gasteiger partial charge in [0, 0.05) is 48.4 Å². The van der Waals surface area contributed by atoms with Gasteiger partial charge < -0.3 is 25.5 Å². The molecule has 2 aliphatic heterocycles. The Morgan fingerprint density at radius 2 is 1.82 bits per heavy atom. The fraction of sp³-hybridized carbons (Fsp3) is 0.385. The molecule has 0 bridgehead atoms. The number of nitrogens with zero attached hydrogens (tertiary/aromatic N) is 5. The summed E-state index contributed by atoms with van der Waals surface area (Å²) in [5, 5.41) is 15.1. The Kier molecular flexibility index (Phi) is 7.42. The van der Waals surface area contributed by atoms with Gasteiger partial charge in [-0.25, -0.2) is 14.8 Å². The Labute approximate surface area is 221 Å². The Bertz CT molecular complexity index is 1450. The number of aromatic nitrogens is 4. The number of carboxylic acids is 1. The van der Waals surface area contributed by atoms with Crippen molar-refractivity contribution in [2.24, 2.45) is 0 Å². The highest BCUT2D eigenvalue weighted by Crippen LogP contribution is 2.33. The summed E-state index contributed by atoms with van der Waals surface area (Å²) < 4.78 is 40.0. The minimum atomic E-state index is -5.08. The average Bonchev–Trinajstić information content (AvgIpc) is 3.70. The molecule has 0 saturated carbocycles. The van der Waals surface area contributed by atoms with Crippen LogP contribution in [0.15, 0.2) is 47.3 Å². The molecule has 39 heavy (non-hydrogen) atoms. The van der Waals surface area contributed by atoms with Gasteiger partial charge in [0.2, 0.25) is 5.89 Å². The van der Waals surface area contributed by atoms with Crippen molar-refractivity contribution in [1.82, 2.24) is 25.1 Å². The van der Waals surface area contributed by atoms with Crippen molar-refractivity contribution in [3.63, 3.8) is 0 Å². The molecule has 0 atom stereocenters. The number of halogens is 3. The maximum Gasteiger partial charge on any atom is 0.490 e. The van der Waals surface area contributed by atoms with Gasteiger partial charge in [0.15, 0.2) is 5.58 Å². The van der Waals surface area contributed by atoms with Crippen LogP contribution in [0.5, 0.6) is 0 Å². The fourth-order valence-corrected chi connectivity index (χ4v) is 4.76. The molecule has 0 aliphatic carbocycles. The first-order valence-corrected chi connectivity index (χ1v) is 12.7. The molecule has 0 spiro atoms. The second-order valence-electron chi connectivity index (χ2n) is 9.52. The molecular weight excluding hydrogens is 515 g/mol. The molecule has 206 valence electrons. The van der Waals surface area contributed by atoms with Crippen LogP contribution in [0.1, 0.15) is 31.7 Å². The molecule has 5 heterocycles. The number of nitrogens with one attached hydrogen (secondary N) is 1. The average molecular weight is 544 g/mol.